The lowest BCUT2D eigenvalue weighted by molar-refractivity contribution is 0.563. The molecule has 3 nitrogen and oxygen atoms in total. The summed E-state index contributed by atoms with van der Waals surface area (Å²) in [6.45, 7) is 6.03. The van der Waals surface area contributed by atoms with Crippen molar-refractivity contribution in [3.8, 4) is 0 Å². The zero-order chi connectivity index (χ0) is 12.3. The lowest BCUT2D eigenvalue weighted by atomic mass is 10.2. The van der Waals surface area contributed by atoms with Gasteiger partial charge < -0.3 is 9.73 Å². The molecule has 0 amide bonds. The standard InChI is InChI=1S/C14H16N2O/c1-4-11(3)13-9-15-14(17-13)16-12-7-5-6-10(2)8-12/h4-9H,1-3H3,(H,15,16)/b11-4+. The highest BCUT2D eigenvalue weighted by molar-refractivity contribution is 5.60. The van der Waals surface area contributed by atoms with Gasteiger partial charge in [0.05, 0.1) is 6.20 Å². The van der Waals surface area contributed by atoms with Gasteiger partial charge in [-0.1, -0.05) is 18.2 Å². The van der Waals surface area contributed by atoms with Crippen LogP contribution in [0.4, 0.5) is 11.7 Å². The van der Waals surface area contributed by atoms with Gasteiger partial charge in [-0.15, -0.1) is 0 Å². The molecule has 0 fully saturated rings. The number of aromatic nitrogens is 1. The van der Waals surface area contributed by atoms with E-state index in [4.69, 9.17) is 4.42 Å². The molecule has 88 valence electrons. The first kappa shape index (κ1) is 11.5. The number of allylic oxidation sites excluding steroid dienone is 2. The number of rotatable bonds is 3. The third-order valence-electron chi connectivity index (χ3n) is 2.60. The van der Waals surface area contributed by atoms with Crippen LogP contribution in [0, 0.1) is 6.92 Å². The third-order valence-corrected chi connectivity index (χ3v) is 2.60. The van der Waals surface area contributed by atoms with Crippen LogP contribution in [-0.2, 0) is 0 Å². The maximum Gasteiger partial charge on any atom is 0.299 e. The Labute approximate surface area is 101 Å². The molecule has 0 saturated carbocycles. The molecule has 0 radical (unpaired) electrons. The van der Waals surface area contributed by atoms with Crippen molar-refractivity contribution in [2.75, 3.05) is 5.32 Å². The molecule has 1 aromatic carbocycles. The van der Waals surface area contributed by atoms with Crippen molar-refractivity contribution in [2.24, 2.45) is 0 Å². The number of anilines is 2. The predicted octanol–water partition coefficient (Wildman–Crippen LogP) is 4.15. The number of oxazole rings is 1. The Morgan fingerprint density at radius 3 is 2.94 bits per heavy atom. The van der Waals surface area contributed by atoms with Gasteiger partial charge in [-0.2, -0.15) is 0 Å². The quantitative estimate of drug-likeness (QED) is 0.857. The van der Waals surface area contributed by atoms with Crippen LogP contribution in [0.2, 0.25) is 0 Å². The Morgan fingerprint density at radius 1 is 1.41 bits per heavy atom. The Morgan fingerprint density at radius 2 is 2.24 bits per heavy atom. The summed E-state index contributed by atoms with van der Waals surface area (Å²) in [4.78, 5) is 4.19. The summed E-state index contributed by atoms with van der Waals surface area (Å²) < 4.78 is 5.59. The molecule has 1 heterocycles. The van der Waals surface area contributed by atoms with Crippen LogP contribution in [0.15, 0.2) is 41.0 Å². The summed E-state index contributed by atoms with van der Waals surface area (Å²) in [5, 5.41) is 3.14. The molecule has 0 aliphatic rings. The van der Waals surface area contributed by atoms with Crippen LogP contribution >= 0.6 is 0 Å². The summed E-state index contributed by atoms with van der Waals surface area (Å²) in [6.07, 6.45) is 3.73. The molecule has 1 aromatic heterocycles. The van der Waals surface area contributed by atoms with Crippen molar-refractivity contribution in [3.63, 3.8) is 0 Å². The first-order chi connectivity index (χ1) is 8.19. The molecule has 0 aliphatic carbocycles. The molecule has 2 aromatic rings. The maximum absolute atomic E-state index is 5.59. The van der Waals surface area contributed by atoms with Crippen molar-refractivity contribution in [1.82, 2.24) is 4.98 Å². The summed E-state index contributed by atoms with van der Waals surface area (Å²) in [5.41, 5.74) is 3.26. The lowest BCUT2D eigenvalue weighted by Gasteiger charge is -2.02. The molecule has 0 saturated heterocycles. The maximum atomic E-state index is 5.59. The smallest absolute Gasteiger partial charge is 0.299 e. The second kappa shape index (κ2) is 4.87. The van der Waals surface area contributed by atoms with Crippen LogP contribution in [-0.4, -0.2) is 4.98 Å². The van der Waals surface area contributed by atoms with E-state index in [1.807, 2.05) is 38.1 Å². The van der Waals surface area contributed by atoms with Crippen molar-refractivity contribution in [2.45, 2.75) is 20.8 Å². The highest BCUT2D eigenvalue weighted by atomic mass is 16.4. The molecule has 0 unspecified atom stereocenters. The first-order valence-electron chi connectivity index (χ1n) is 5.62. The van der Waals surface area contributed by atoms with E-state index in [1.165, 1.54) is 5.56 Å². The van der Waals surface area contributed by atoms with Gasteiger partial charge in [0.25, 0.3) is 6.01 Å². The Kier molecular flexibility index (Phi) is 3.28. The molecular weight excluding hydrogens is 212 g/mol. The van der Waals surface area contributed by atoms with Gasteiger partial charge in [0.1, 0.15) is 0 Å². The second-order valence-electron chi connectivity index (χ2n) is 4.00. The summed E-state index contributed by atoms with van der Waals surface area (Å²) in [5.74, 6) is 0.794. The van der Waals surface area contributed by atoms with Gasteiger partial charge in [-0.25, -0.2) is 4.98 Å². The monoisotopic (exact) mass is 228 g/mol. The van der Waals surface area contributed by atoms with Crippen LogP contribution in [0.1, 0.15) is 25.2 Å². The second-order valence-corrected chi connectivity index (χ2v) is 4.00. The van der Waals surface area contributed by atoms with Gasteiger partial charge in [0, 0.05) is 5.69 Å². The minimum Gasteiger partial charge on any atom is -0.424 e. The summed E-state index contributed by atoms with van der Waals surface area (Å²) in [7, 11) is 0. The molecule has 0 atom stereocenters. The number of benzene rings is 1. The van der Waals surface area contributed by atoms with Crippen LogP contribution in [0.5, 0.6) is 0 Å². The van der Waals surface area contributed by atoms with Crippen LogP contribution < -0.4 is 5.32 Å². The molecular formula is C14H16N2O. The highest BCUT2D eigenvalue weighted by Crippen LogP contribution is 2.21. The van der Waals surface area contributed by atoms with Gasteiger partial charge in [0.15, 0.2) is 5.76 Å². The van der Waals surface area contributed by atoms with Gasteiger partial charge >= 0.3 is 0 Å². The van der Waals surface area contributed by atoms with Gasteiger partial charge in [-0.05, 0) is 44.0 Å². The van der Waals surface area contributed by atoms with Crippen LogP contribution in [0.3, 0.4) is 0 Å². The van der Waals surface area contributed by atoms with Crippen molar-refractivity contribution in [3.05, 3.63) is 47.9 Å². The zero-order valence-corrected chi connectivity index (χ0v) is 10.3. The predicted molar refractivity (Wildman–Crippen MR) is 70.3 cm³/mol. The van der Waals surface area contributed by atoms with Gasteiger partial charge in [0.2, 0.25) is 0 Å². The van der Waals surface area contributed by atoms with E-state index in [0.717, 1.165) is 17.0 Å². The normalized spacial score (nSPS) is 11.6. The minimum atomic E-state index is 0.520. The topological polar surface area (TPSA) is 38.1 Å². The van der Waals surface area contributed by atoms with E-state index < -0.39 is 0 Å². The van der Waals surface area contributed by atoms with E-state index >= 15 is 0 Å². The van der Waals surface area contributed by atoms with Crippen molar-refractivity contribution in [1.29, 1.82) is 0 Å². The molecule has 2 rings (SSSR count). The van der Waals surface area contributed by atoms with E-state index in [1.54, 1.807) is 6.20 Å². The SMILES string of the molecule is C/C=C(\C)c1cnc(Nc2cccc(C)c2)o1. The summed E-state index contributed by atoms with van der Waals surface area (Å²) >= 11 is 0. The Bertz CT molecular complexity index is 541. The fraction of sp³-hybridized carbons (Fsp3) is 0.214. The lowest BCUT2D eigenvalue weighted by Crippen LogP contribution is -1.89. The van der Waals surface area contributed by atoms with E-state index in [-0.39, 0.29) is 0 Å². The Hall–Kier alpha value is -2.03. The molecule has 3 heteroatoms. The van der Waals surface area contributed by atoms with Gasteiger partial charge in [-0.3, -0.25) is 0 Å². The zero-order valence-electron chi connectivity index (χ0n) is 10.3. The number of hydrogen-bond donors (Lipinski definition) is 1. The highest BCUT2D eigenvalue weighted by Gasteiger charge is 2.05. The van der Waals surface area contributed by atoms with Crippen LogP contribution in [0.25, 0.3) is 5.57 Å². The largest absolute Gasteiger partial charge is 0.424 e. The number of hydrogen-bond acceptors (Lipinski definition) is 3. The fourth-order valence-electron chi connectivity index (χ4n) is 1.50. The first-order valence-corrected chi connectivity index (χ1v) is 5.62. The number of aryl methyl sites for hydroxylation is 1. The molecule has 17 heavy (non-hydrogen) atoms. The van der Waals surface area contributed by atoms with Crippen molar-refractivity contribution < 1.29 is 4.42 Å². The van der Waals surface area contributed by atoms with E-state index in [9.17, 15) is 0 Å². The summed E-state index contributed by atoms with van der Waals surface area (Å²) in [6, 6.07) is 8.60. The number of nitrogens with zero attached hydrogens (tertiary/aromatic N) is 1. The molecule has 1 N–H and O–H groups in total. The molecule has 0 bridgehead atoms. The Balaban J connectivity index is 2.17. The molecule has 0 aliphatic heterocycles. The van der Waals surface area contributed by atoms with Crippen molar-refractivity contribution >= 4 is 17.3 Å². The minimum absolute atomic E-state index is 0.520. The average molecular weight is 228 g/mol. The fourth-order valence-corrected chi connectivity index (χ4v) is 1.50. The third kappa shape index (κ3) is 2.75. The van der Waals surface area contributed by atoms with E-state index in [0.29, 0.717) is 6.01 Å². The van der Waals surface area contributed by atoms with E-state index in [2.05, 4.69) is 23.3 Å². The average Bonchev–Trinajstić information content (AvgIpc) is 2.76. The number of nitrogens with one attached hydrogen (secondary N) is 1. The molecule has 0 spiro atoms.